The molecule has 0 amide bonds. The Balaban J connectivity index is 1.10. The van der Waals surface area contributed by atoms with E-state index in [0.717, 1.165) is 12.8 Å². The molecule has 0 aromatic heterocycles. The second-order valence-corrected chi connectivity index (χ2v) is 31.7. The number of rotatable bonds is 4. The van der Waals surface area contributed by atoms with Crippen LogP contribution in [0.25, 0.3) is 11.1 Å². The van der Waals surface area contributed by atoms with Crippen molar-refractivity contribution in [1.82, 2.24) is 0 Å². The Morgan fingerprint density at radius 2 is 0.940 bits per heavy atom. The number of benzene rings is 8. The molecule has 0 radical (unpaired) electrons. The molecule has 3 heterocycles. The molecule has 3 nitrogen and oxygen atoms in total. The van der Waals surface area contributed by atoms with Gasteiger partial charge in [0.05, 0.1) is 11.2 Å². The molecule has 8 aromatic rings. The van der Waals surface area contributed by atoms with Crippen LogP contribution < -0.4 is 31.1 Å². The van der Waals surface area contributed by atoms with E-state index >= 15 is 0 Å². The topological polar surface area (TPSA) is 9.72 Å². The van der Waals surface area contributed by atoms with Crippen molar-refractivity contribution in [2.75, 3.05) is 14.7 Å². The molecule has 1 saturated carbocycles. The third-order valence-electron chi connectivity index (χ3n) is 22.8. The zero-order valence-electron chi connectivity index (χ0n) is 54.0. The van der Waals surface area contributed by atoms with E-state index in [-0.39, 0.29) is 50.2 Å². The summed E-state index contributed by atoms with van der Waals surface area (Å²) < 4.78 is 0. The van der Waals surface area contributed by atoms with Crippen LogP contribution in [0.1, 0.15) is 211 Å². The van der Waals surface area contributed by atoms with Crippen LogP contribution in [0.2, 0.25) is 0 Å². The van der Waals surface area contributed by atoms with Crippen molar-refractivity contribution in [2.24, 2.45) is 0 Å². The predicted octanol–water partition coefficient (Wildman–Crippen LogP) is 19.7. The average molecular weight is 1100 g/mol. The normalized spacial score (nSPS) is 21.8. The Morgan fingerprint density at radius 1 is 0.405 bits per heavy atom. The molecular weight excluding hydrogens is 1010 g/mol. The summed E-state index contributed by atoms with van der Waals surface area (Å²) >= 11 is 0. The molecule has 3 aliphatic heterocycles. The first-order chi connectivity index (χ1) is 39.5. The number of anilines is 8. The second kappa shape index (κ2) is 17.9. The molecule has 6 aliphatic rings. The average Bonchev–Trinajstić information content (AvgIpc) is 1.06. The van der Waals surface area contributed by atoms with E-state index in [1.165, 1.54) is 160 Å². The predicted molar refractivity (Wildman–Crippen MR) is 362 cm³/mol. The van der Waals surface area contributed by atoms with Crippen molar-refractivity contribution in [3.63, 3.8) is 0 Å². The molecule has 3 aliphatic carbocycles. The molecule has 14 rings (SSSR count). The summed E-state index contributed by atoms with van der Waals surface area (Å²) in [6, 6.07) is 59.0. The van der Waals surface area contributed by atoms with Gasteiger partial charge >= 0.3 is 0 Å². The Kier molecular flexibility index (Phi) is 11.7. The summed E-state index contributed by atoms with van der Waals surface area (Å²) in [6.45, 7) is 43.9. The summed E-state index contributed by atoms with van der Waals surface area (Å²) in [5.41, 5.74) is 31.9. The van der Waals surface area contributed by atoms with E-state index < -0.39 is 0 Å². The van der Waals surface area contributed by atoms with E-state index in [1.54, 1.807) is 0 Å². The van der Waals surface area contributed by atoms with Gasteiger partial charge in [-0.05, 0) is 206 Å². The van der Waals surface area contributed by atoms with Gasteiger partial charge in [-0.1, -0.05) is 208 Å². The minimum absolute atomic E-state index is 0.0108. The largest absolute Gasteiger partial charge is 0.334 e. The maximum Gasteiger partial charge on any atom is 0.252 e. The Labute approximate surface area is 505 Å². The third kappa shape index (κ3) is 7.68. The molecule has 0 saturated heterocycles. The van der Waals surface area contributed by atoms with Crippen molar-refractivity contribution in [3.8, 4) is 11.1 Å². The van der Waals surface area contributed by atoms with Gasteiger partial charge in [-0.15, -0.1) is 0 Å². The Morgan fingerprint density at radius 3 is 1.57 bits per heavy atom. The molecule has 8 aromatic carbocycles. The minimum Gasteiger partial charge on any atom is -0.334 e. The number of hydrogen-bond donors (Lipinski definition) is 0. The SMILES string of the molecule is Cc1cc2c3c(c1)N(c1ccc(C(C)(C)C)cc1-c1ccccc1)c1cc(N4c5ccc(C(C)(C)C)cc5C5(C)CCCCC45C)ccc1B3c1cc3c(cc1N2c1cc2c(cc1C)C(C)(C)CCC2(C)C)C(C)(C)c1ccccc1C3(C)C. The van der Waals surface area contributed by atoms with Crippen LogP contribution in [0, 0.1) is 13.8 Å². The maximum atomic E-state index is 2.82. The molecule has 84 heavy (non-hydrogen) atoms. The van der Waals surface area contributed by atoms with Crippen LogP contribution in [0.4, 0.5) is 45.5 Å². The Hall–Kier alpha value is -6.78. The number of nitrogens with zero attached hydrogens (tertiary/aromatic N) is 3. The second-order valence-electron chi connectivity index (χ2n) is 31.7. The van der Waals surface area contributed by atoms with E-state index in [2.05, 4.69) is 285 Å². The van der Waals surface area contributed by atoms with Crippen LogP contribution in [0.15, 0.2) is 146 Å². The van der Waals surface area contributed by atoms with Gasteiger partial charge in [-0.2, -0.15) is 0 Å². The van der Waals surface area contributed by atoms with Gasteiger partial charge in [0.25, 0.3) is 6.71 Å². The van der Waals surface area contributed by atoms with Crippen LogP contribution in [-0.4, -0.2) is 12.3 Å². The van der Waals surface area contributed by atoms with E-state index in [9.17, 15) is 0 Å². The summed E-state index contributed by atoms with van der Waals surface area (Å²) in [5.74, 6) is 0. The number of fused-ring (bicyclic) bond motifs is 10. The van der Waals surface area contributed by atoms with Gasteiger partial charge in [-0.25, -0.2) is 0 Å². The van der Waals surface area contributed by atoms with Gasteiger partial charge < -0.3 is 14.7 Å². The highest BCUT2D eigenvalue weighted by molar-refractivity contribution is 7.00. The van der Waals surface area contributed by atoms with E-state index in [1.807, 2.05) is 0 Å². The lowest BCUT2D eigenvalue weighted by molar-refractivity contribution is 0.195. The maximum absolute atomic E-state index is 2.82. The lowest BCUT2D eigenvalue weighted by atomic mass is 9.33. The lowest BCUT2D eigenvalue weighted by Crippen LogP contribution is -2.62. The van der Waals surface area contributed by atoms with E-state index in [4.69, 9.17) is 0 Å². The fourth-order valence-electron chi connectivity index (χ4n) is 17.3. The zero-order chi connectivity index (χ0) is 59.4. The quantitative estimate of drug-likeness (QED) is 0.163. The summed E-state index contributed by atoms with van der Waals surface area (Å²) in [4.78, 5) is 8.31. The van der Waals surface area contributed by atoms with Gasteiger partial charge in [0.1, 0.15) is 0 Å². The smallest absolute Gasteiger partial charge is 0.252 e. The van der Waals surface area contributed by atoms with Crippen molar-refractivity contribution >= 4 is 68.6 Å². The standard InChI is InChI=1S/C80H90BN3/c1-49-40-70-72-71(41-49)83(67-47-59-58(42-50(67)2)75(9,10)38-39-76(59,11)12)69-48-61-60(77(13,14)56-28-22-23-29-57(56)78(61,15)16)46-64(69)81(72)63-33-32-54(84-66-35-31-53(74(6,7)8)44-62(66)79(17)36-24-25-37-80(79,84)18)45-68(63)82(70)65-34-30-52(73(3,4)5)43-55(65)51-26-20-19-21-27-51/h19-23,26-35,40-48H,24-25,36-39H2,1-18H3. The minimum atomic E-state index is -0.236. The monoisotopic (exact) mass is 1100 g/mol. The highest BCUT2D eigenvalue weighted by atomic mass is 15.3. The Bertz CT molecular complexity index is 4080. The van der Waals surface area contributed by atoms with Gasteiger partial charge in [0, 0.05) is 61.6 Å². The first-order valence-corrected chi connectivity index (χ1v) is 32.0. The molecule has 428 valence electrons. The van der Waals surface area contributed by atoms with Crippen molar-refractivity contribution in [1.29, 1.82) is 0 Å². The summed E-state index contributed by atoms with van der Waals surface area (Å²) in [6.07, 6.45) is 7.16. The van der Waals surface area contributed by atoms with E-state index in [0.29, 0.717) is 0 Å². The van der Waals surface area contributed by atoms with Crippen LogP contribution in [-0.2, 0) is 37.9 Å². The molecule has 4 heteroatoms. The molecule has 2 atom stereocenters. The third-order valence-corrected chi connectivity index (χ3v) is 22.8. The van der Waals surface area contributed by atoms with Crippen LogP contribution >= 0.6 is 0 Å². The number of hydrogen-bond acceptors (Lipinski definition) is 3. The molecule has 0 N–H and O–H groups in total. The summed E-state index contributed by atoms with van der Waals surface area (Å²) in [7, 11) is 0. The molecule has 0 spiro atoms. The summed E-state index contributed by atoms with van der Waals surface area (Å²) in [5, 5.41) is 0. The van der Waals surface area contributed by atoms with Crippen molar-refractivity contribution in [2.45, 2.75) is 207 Å². The highest BCUT2D eigenvalue weighted by Gasteiger charge is 2.58. The van der Waals surface area contributed by atoms with Gasteiger partial charge in [0.2, 0.25) is 0 Å². The van der Waals surface area contributed by atoms with Crippen LogP contribution in [0.5, 0.6) is 0 Å². The molecular formula is C80H90BN3. The molecule has 1 fully saturated rings. The first kappa shape index (κ1) is 55.1. The van der Waals surface area contributed by atoms with Gasteiger partial charge in [-0.3, -0.25) is 0 Å². The fourth-order valence-corrected chi connectivity index (χ4v) is 17.3. The van der Waals surface area contributed by atoms with Crippen LogP contribution in [0.3, 0.4) is 0 Å². The molecule has 0 bridgehead atoms. The fraction of sp³-hybridized carbons (Fsp3) is 0.400. The van der Waals surface area contributed by atoms with Crippen molar-refractivity contribution in [3.05, 3.63) is 207 Å². The lowest BCUT2D eigenvalue weighted by Gasteiger charge is -2.51. The zero-order valence-corrected chi connectivity index (χ0v) is 54.0. The van der Waals surface area contributed by atoms with Crippen molar-refractivity contribution < 1.29 is 0 Å². The molecule has 2 unspecified atom stereocenters. The first-order valence-electron chi connectivity index (χ1n) is 32.0. The number of aryl methyl sites for hydroxylation is 2. The highest BCUT2D eigenvalue weighted by Crippen LogP contribution is 2.62. The van der Waals surface area contributed by atoms with Gasteiger partial charge in [0.15, 0.2) is 0 Å².